The van der Waals surface area contributed by atoms with Crippen molar-refractivity contribution < 1.29 is 28.6 Å². The van der Waals surface area contributed by atoms with Crippen molar-refractivity contribution >= 4 is 70.1 Å². The van der Waals surface area contributed by atoms with Gasteiger partial charge in [-0.2, -0.15) is 0 Å². The molecule has 1 atom stereocenters. The molecule has 0 heterocycles. The molecule has 0 aromatic heterocycles. The number of methoxy groups -OCH3 is 3. The topological polar surface area (TPSA) is 115 Å². The van der Waals surface area contributed by atoms with E-state index in [-0.39, 0.29) is 16.6 Å². The Kier molecular flexibility index (Phi) is 12.0. The van der Waals surface area contributed by atoms with Gasteiger partial charge in [-0.3, -0.25) is 14.4 Å². The summed E-state index contributed by atoms with van der Waals surface area (Å²) in [5.41, 5.74) is 1.63. The van der Waals surface area contributed by atoms with Crippen molar-refractivity contribution in [3.8, 4) is 17.2 Å². The van der Waals surface area contributed by atoms with Gasteiger partial charge in [-0.05, 0) is 61.5 Å². The van der Waals surface area contributed by atoms with Crippen LogP contribution in [0.4, 0.5) is 11.4 Å². The predicted octanol–water partition coefficient (Wildman–Crippen LogP) is 7.55. The first kappa shape index (κ1) is 34.2. The maximum atomic E-state index is 13.7. The standard InChI is InChI=1S/C34H31Cl2N3O6S/c1-20(32(40)38-26-15-9-14-25(35)31(26)36)46-24-13-8-12-23(18-24)37-34(42)27(39-33(41)21-10-6-5-7-11-21)16-22-17-29(44-3)30(45-4)19-28(22)43-2/h5-20H,1-4H3,(H,37,42)(H,38,40)(H,39,41)/b27-16+. The minimum atomic E-state index is -0.593. The van der Waals surface area contributed by atoms with Crippen LogP contribution >= 0.6 is 35.0 Å². The smallest absolute Gasteiger partial charge is 0.272 e. The van der Waals surface area contributed by atoms with Gasteiger partial charge in [0, 0.05) is 27.8 Å². The quantitative estimate of drug-likeness (QED) is 0.105. The lowest BCUT2D eigenvalue weighted by atomic mass is 10.1. The van der Waals surface area contributed by atoms with Crippen molar-refractivity contribution in [2.45, 2.75) is 17.1 Å². The molecule has 4 rings (SSSR count). The SMILES string of the molecule is COc1cc(OC)c(OC)cc1/C=C(/NC(=O)c1ccccc1)C(=O)Nc1cccc(SC(C)C(=O)Nc2cccc(Cl)c2Cl)c1. The number of rotatable bonds is 12. The third kappa shape index (κ3) is 8.75. The highest BCUT2D eigenvalue weighted by Crippen LogP contribution is 2.36. The summed E-state index contributed by atoms with van der Waals surface area (Å²) in [5.74, 6) is -0.120. The van der Waals surface area contributed by atoms with Crippen LogP contribution in [0.5, 0.6) is 17.2 Å². The summed E-state index contributed by atoms with van der Waals surface area (Å²) in [6.07, 6.45) is 1.49. The van der Waals surface area contributed by atoms with Gasteiger partial charge in [0.15, 0.2) is 11.5 Å². The Labute approximate surface area is 281 Å². The zero-order valence-electron chi connectivity index (χ0n) is 25.4. The van der Waals surface area contributed by atoms with Crippen LogP contribution in [-0.2, 0) is 9.59 Å². The molecule has 0 aliphatic rings. The van der Waals surface area contributed by atoms with Crippen LogP contribution in [0.3, 0.4) is 0 Å². The summed E-state index contributed by atoms with van der Waals surface area (Å²) >= 11 is 13.6. The van der Waals surface area contributed by atoms with Gasteiger partial charge < -0.3 is 30.2 Å². The fourth-order valence-electron chi connectivity index (χ4n) is 4.20. The highest BCUT2D eigenvalue weighted by atomic mass is 35.5. The van der Waals surface area contributed by atoms with E-state index >= 15 is 0 Å². The molecule has 4 aromatic carbocycles. The molecule has 1 unspecified atom stereocenters. The van der Waals surface area contributed by atoms with Crippen LogP contribution in [-0.4, -0.2) is 44.3 Å². The second kappa shape index (κ2) is 16.1. The molecule has 0 saturated carbocycles. The average Bonchev–Trinajstić information content (AvgIpc) is 3.06. The number of thioether (sulfide) groups is 1. The van der Waals surface area contributed by atoms with Gasteiger partial charge >= 0.3 is 0 Å². The van der Waals surface area contributed by atoms with E-state index in [9.17, 15) is 14.4 Å². The molecule has 4 aromatic rings. The molecule has 3 N–H and O–H groups in total. The Bertz CT molecular complexity index is 1770. The number of benzene rings is 4. The first-order chi connectivity index (χ1) is 22.1. The van der Waals surface area contributed by atoms with Crippen LogP contribution in [0.25, 0.3) is 6.08 Å². The van der Waals surface area contributed by atoms with Crippen LogP contribution in [0, 0.1) is 0 Å². The first-order valence-electron chi connectivity index (χ1n) is 13.8. The van der Waals surface area contributed by atoms with Gasteiger partial charge in [0.2, 0.25) is 5.91 Å². The lowest BCUT2D eigenvalue weighted by Crippen LogP contribution is -2.30. The second-order valence-electron chi connectivity index (χ2n) is 9.66. The van der Waals surface area contributed by atoms with Gasteiger partial charge in [0.25, 0.3) is 11.8 Å². The van der Waals surface area contributed by atoms with Crippen LogP contribution in [0.15, 0.2) is 95.5 Å². The number of ether oxygens (including phenoxy) is 3. The summed E-state index contributed by atoms with van der Waals surface area (Å²) in [6, 6.07) is 23.8. The number of anilines is 2. The molecule has 0 spiro atoms. The molecule has 0 aliphatic heterocycles. The molecular weight excluding hydrogens is 649 g/mol. The number of carbonyl (C=O) groups is 3. The maximum absolute atomic E-state index is 13.7. The molecule has 238 valence electrons. The number of nitrogens with one attached hydrogen (secondary N) is 3. The molecule has 0 radical (unpaired) electrons. The molecule has 12 heteroatoms. The summed E-state index contributed by atoms with van der Waals surface area (Å²) in [6.45, 7) is 1.75. The molecule has 0 saturated heterocycles. The predicted molar refractivity (Wildman–Crippen MR) is 183 cm³/mol. The first-order valence-corrected chi connectivity index (χ1v) is 15.5. The van der Waals surface area contributed by atoms with Crippen molar-refractivity contribution in [2.75, 3.05) is 32.0 Å². The van der Waals surface area contributed by atoms with E-state index in [2.05, 4.69) is 16.0 Å². The van der Waals surface area contributed by atoms with Crippen LogP contribution < -0.4 is 30.2 Å². The van der Waals surface area contributed by atoms with Gasteiger partial charge in [-0.1, -0.05) is 53.5 Å². The Morgan fingerprint density at radius 1 is 0.783 bits per heavy atom. The van der Waals surface area contributed by atoms with Gasteiger partial charge in [0.1, 0.15) is 11.4 Å². The number of hydrogen-bond donors (Lipinski definition) is 3. The largest absolute Gasteiger partial charge is 0.496 e. The summed E-state index contributed by atoms with van der Waals surface area (Å²) in [5, 5.41) is 8.43. The molecule has 0 aliphatic carbocycles. The summed E-state index contributed by atoms with van der Waals surface area (Å²) in [4.78, 5) is 40.4. The highest BCUT2D eigenvalue weighted by Gasteiger charge is 2.20. The van der Waals surface area contributed by atoms with E-state index in [4.69, 9.17) is 37.4 Å². The summed E-state index contributed by atoms with van der Waals surface area (Å²) in [7, 11) is 4.47. The minimum Gasteiger partial charge on any atom is -0.496 e. The summed E-state index contributed by atoms with van der Waals surface area (Å²) < 4.78 is 16.3. The fraction of sp³-hybridized carbons (Fsp3) is 0.147. The zero-order valence-corrected chi connectivity index (χ0v) is 27.7. The van der Waals surface area contributed by atoms with Crippen LogP contribution in [0.2, 0.25) is 10.0 Å². The Morgan fingerprint density at radius 2 is 1.46 bits per heavy atom. The third-order valence-corrected chi connectivity index (χ3v) is 8.46. The lowest BCUT2D eigenvalue weighted by molar-refractivity contribution is -0.115. The zero-order chi connectivity index (χ0) is 33.2. The van der Waals surface area contributed by atoms with E-state index in [1.807, 2.05) is 6.07 Å². The minimum absolute atomic E-state index is 0.0522. The van der Waals surface area contributed by atoms with E-state index in [0.29, 0.717) is 44.8 Å². The normalized spacial score (nSPS) is 11.7. The van der Waals surface area contributed by atoms with Crippen molar-refractivity contribution in [1.29, 1.82) is 0 Å². The number of hydrogen-bond acceptors (Lipinski definition) is 7. The Morgan fingerprint density at radius 3 is 2.15 bits per heavy atom. The Hall–Kier alpha value is -4.64. The monoisotopic (exact) mass is 679 g/mol. The number of halogens is 2. The molecule has 3 amide bonds. The van der Waals surface area contributed by atoms with Gasteiger partial charge in [0.05, 0.1) is 42.3 Å². The van der Waals surface area contributed by atoms with E-state index < -0.39 is 17.1 Å². The second-order valence-corrected chi connectivity index (χ2v) is 11.9. The third-order valence-electron chi connectivity index (χ3n) is 6.55. The van der Waals surface area contributed by atoms with E-state index in [0.717, 1.165) is 4.90 Å². The fourth-order valence-corrected chi connectivity index (χ4v) is 5.48. The molecule has 0 bridgehead atoms. The maximum Gasteiger partial charge on any atom is 0.272 e. The average molecular weight is 681 g/mol. The Balaban J connectivity index is 1.58. The molecule has 9 nitrogen and oxygen atoms in total. The van der Waals surface area contributed by atoms with Crippen molar-refractivity contribution in [3.63, 3.8) is 0 Å². The van der Waals surface area contributed by atoms with Crippen molar-refractivity contribution in [3.05, 3.63) is 112 Å². The van der Waals surface area contributed by atoms with Crippen molar-refractivity contribution in [1.82, 2.24) is 5.32 Å². The van der Waals surface area contributed by atoms with Gasteiger partial charge in [-0.15, -0.1) is 11.8 Å². The van der Waals surface area contributed by atoms with Crippen LogP contribution in [0.1, 0.15) is 22.8 Å². The van der Waals surface area contributed by atoms with E-state index in [1.54, 1.807) is 85.8 Å². The number of carbonyl (C=O) groups excluding carboxylic acids is 3. The highest BCUT2D eigenvalue weighted by molar-refractivity contribution is 8.00. The number of amides is 3. The molecule has 46 heavy (non-hydrogen) atoms. The van der Waals surface area contributed by atoms with E-state index in [1.165, 1.54) is 39.2 Å². The molecular formula is C34H31Cl2N3O6S. The van der Waals surface area contributed by atoms with Gasteiger partial charge in [-0.25, -0.2) is 0 Å². The lowest BCUT2D eigenvalue weighted by Gasteiger charge is -2.16. The molecule has 0 fully saturated rings. The van der Waals surface area contributed by atoms with Crippen molar-refractivity contribution in [2.24, 2.45) is 0 Å².